The molecule has 0 saturated carbocycles. The summed E-state index contributed by atoms with van der Waals surface area (Å²) >= 11 is 11.9. The van der Waals surface area contributed by atoms with Gasteiger partial charge in [0.2, 0.25) is 0 Å². The maximum absolute atomic E-state index is 14.4. The summed E-state index contributed by atoms with van der Waals surface area (Å²) in [6, 6.07) is 15.5. The number of fused-ring (bicyclic) bond motifs is 1. The zero-order valence-electron chi connectivity index (χ0n) is 16.7. The molecular weight excluding hydrogens is 456 g/mol. The Labute approximate surface area is 192 Å². The molecule has 162 valence electrons. The first-order chi connectivity index (χ1) is 15.3. The summed E-state index contributed by atoms with van der Waals surface area (Å²) in [7, 11) is 0. The van der Waals surface area contributed by atoms with Crippen LogP contribution in [0, 0.1) is 12.7 Å². The van der Waals surface area contributed by atoms with Gasteiger partial charge in [-0.1, -0.05) is 35.3 Å². The van der Waals surface area contributed by atoms with Crippen LogP contribution in [-0.2, 0) is 4.79 Å². The van der Waals surface area contributed by atoms with Crippen molar-refractivity contribution in [1.82, 2.24) is 9.55 Å². The van der Waals surface area contributed by atoms with Crippen LogP contribution in [0.4, 0.5) is 10.1 Å². The number of nitrogens with zero attached hydrogens (tertiary/aromatic N) is 2. The molecule has 4 rings (SSSR count). The highest BCUT2D eigenvalue weighted by atomic mass is 35.5. The van der Waals surface area contributed by atoms with Crippen LogP contribution in [0.15, 0.2) is 65.5 Å². The van der Waals surface area contributed by atoms with E-state index in [0.717, 1.165) is 0 Å². The van der Waals surface area contributed by atoms with Gasteiger partial charge in [0.25, 0.3) is 11.5 Å². The quantitative estimate of drug-likeness (QED) is 0.436. The molecule has 0 fully saturated rings. The molecule has 0 bridgehead atoms. The first-order valence-corrected chi connectivity index (χ1v) is 10.2. The highest BCUT2D eigenvalue weighted by Crippen LogP contribution is 2.27. The number of hydrogen-bond donors (Lipinski definition) is 1. The molecule has 1 N–H and O–H groups in total. The van der Waals surface area contributed by atoms with E-state index in [2.05, 4.69) is 10.3 Å². The molecule has 6 nitrogen and oxygen atoms in total. The molecule has 0 aliphatic rings. The van der Waals surface area contributed by atoms with E-state index in [1.807, 2.05) is 0 Å². The number of ether oxygens (including phenoxy) is 1. The zero-order valence-corrected chi connectivity index (χ0v) is 18.2. The summed E-state index contributed by atoms with van der Waals surface area (Å²) in [5.41, 5.74) is 0.541. The number of anilines is 1. The van der Waals surface area contributed by atoms with Gasteiger partial charge in [0.15, 0.2) is 6.61 Å². The van der Waals surface area contributed by atoms with E-state index in [-0.39, 0.29) is 22.0 Å². The van der Waals surface area contributed by atoms with Crippen molar-refractivity contribution in [3.8, 4) is 11.4 Å². The summed E-state index contributed by atoms with van der Waals surface area (Å²) < 4.78 is 21.1. The summed E-state index contributed by atoms with van der Waals surface area (Å²) in [5.74, 6) is -0.568. The normalized spacial score (nSPS) is 10.9. The van der Waals surface area contributed by atoms with Crippen LogP contribution in [0.1, 0.15) is 5.82 Å². The molecule has 0 saturated heterocycles. The van der Waals surface area contributed by atoms with Gasteiger partial charge in [-0.3, -0.25) is 14.2 Å². The molecular formula is C23H16Cl2FN3O3. The largest absolute Gasteiger partial charge is 0.482 e. The monoisotopic (exact) mass is 471 g/mol. The molecule has 0 aliphatic carbocycles. The van der Waals surface area contributed by atoms with E-state index in [0.29, 0.717) is 27.4 Å². The van der Waals surface area contributed by atoms with Crippen LogP contribution in [0.3, 0.4) is 0 Å². The Morgan fingerprint density at radius 2 is 1.91 bits per heavy atom. The fraction of sp³-hybridized carbons (Fsp3) is 0.0870. The van der Waals surface area contributed by atoms with Crippen molar-refractivity contribution in [2.75, 3.05) is 11.9 Å². The predicted octanol–water partition coefficient (Wildman–Crippen LogP) is 5.16. The molecule has 9 heteroatoms. The average Bonchev–Trinajstić information content (AvgIpc) is 2.75. The third-order valence-electron chi connectivity index (χ3n) is 4.68. The second kappa shape index (κ2) is 8.98. The number of nitrogens with one attached hydrogen (secondary N) is 1. The van der Waals surface area contributed by atoms with Gasteiger partial charge >= 0.3 is 0 Å². The molecule has 1 amide bonds. The van der Waals surface area contributed by atoms with Gasteiger partial charge in [-0.05, 0) is 55.5 Å². The number of aryl methyl sites for hydroxylation is 1. The molecule has 0 atom stereocenters. The van der Waals surface area contributed by atoms with Crippen molar-refractivity contribution in [1.29, 1.82) is 0 Å². The number of hydrogen-bond acceptors (Lipinski definition) is 4. The number of halogens is 3. The van der Waals surface area contributed by atoms with Gasteiger partial charge < -0.3 is 10.1 Å². The summed E-state index contributed by atoms with van der Waals surface area (Å²) in [5, 5.41) is 3.56. The standard InChI is InChI=1S/C23H16Cl2FN3O3/c1-13-27-19-5-3-2-4-16(19)23(31)29(13)15-7-8-18(26)20(11-15)28-22(30)12-32-21-9-6-14(24)10-17(21)25/h2-11H,12H2,1H3,(H,28,30). The Hall–Kier alpha value is -3.42. The molecule has 3 aromatic carbocycles. The minimum atomic E-state index is -0.661. The van der Waals surface area contributed by atoms with Crippen molar-refractivity contribution in [2.24, 2.45) is 0 Å². The Balaban J connectivity index is 1.59. The van der Waals surface area contributed by atoms with Crippen LogP contribution < -0.4 is 15.6 Å². The van der Waals surface area contributed by atoms with Gasteiger partial charge in [-0.2, -0.15) is 0 Å². The Kier molecular flexibility index (Phi) is 6.12. The smallest absolute Gasteiger partial charge is 0.265 e. The lowest BCUT2D eigenvalue weighted by Crippen LogP contribution is -2.23. The molecule has 0 spiro atoms. The number of benzene rings is 3. The Bertz CT molecular complexity index is 1410. The van der Waals surface area contributed by atoms with Gasteiger partial charge in [0, 0.05) is 5.02 Å². The average molecular weight is 472 g/mol. The van der Waals surface area contributed by atoms with Crippen molar-refractivity contribution >= 4 is 45.7 Å². The molecule has 0 radical (unpaired) electrons. The summed E-state index contributed by atoms with van der Waals surface area (Å²) in [4.78, 5) is 29.7. The maximum atomic E-state index is 14.4. The number of amides is 1. The first kappa shape index (κ1) is 21.8. The Morgan fingerprint density at radius 1 is 1.12 bits per heavy atom. The lowest BCUT2D eigenvalue weighted by molar-refractivity contribution is -0.118. The highest BCUT2D eigenvalue weighted by Gasteiger charge is 2.14. The Morgan fingerprint density at radius 3 is 2.69 bits per heavy atom. The number of aromatic nitrogens is 2. The van der Waals surface area contributed by atoms with Crippen LogP contribution in [0.25, 0.3) is 16.6 Å². The highest BCUT2D eigenvalue weighted by molar-refractivity contribution is 6.35. The number of rotatable bonds is 5. The van der Waals surface area contributed by atoms with Crippen LogP contribution >= 0.6 is 23.2 Å². The fourth-order valence-corrected chi connectivity index (χ4v) is 3.68. The number of carbonyl (C=O) groups excluding carboxylic acids is 1. The topological polar surface area (TPSA) is 73.2 Å². The second-order valence-electron chi connectivity index (χ2n) is 6.89. The SMILES string of the molecule is Cc1nc2ccccc2c(=O)n1-c1ccc(F)c(NC(=O)COc2ccc(Cl)cc2Cl)c1. The van der Waals surface area contributed by atoms with Crippen LogP contribution in [-0.4, -0.2) is 22.1 Å². The lowest BCUT2D eigenvalue weighted by Gasteiger charge is -2.14. The van der Waals surface area contributed by atoms with Gasteiger partial charge in [0.05, 0.1) is 27.3 Å². The summed E-state index contributed by atoms with van der Waals surface area (Å²) in [6.07, 6.45) is 0. The predicted molar refractivity (Wildman–Crippen MR) is 123 cm³/mol. The van der Waals surface area contributed by atoms with E-state index in [9.17, 15) is 14.0 Å². The molecule has 0 aliphatic heterocycles. The second-order valence-corrected chi connectivity index (χ2v) is 7.74. The molecule has 0 unspecified atom stereocenters. The van der Waals surface area contributed by atoms with Crippen molar-refractivity contribution in [2.45, 2.75) is 6.92 Å². The van der Waals surface area contributed by atoms with E-state index in [4.69, 9.17) is 27.9 Å². The molecule has 32 heavy (non-hydrogen) atoms. The lowest BCUT2D eigenvalue weighted by atomic mass is 10.2. The van der Waals surface area contributed by atoms with Crippen LogP contribution in [0.5, 0.6) is 5.75 Å². The van der Waals surface area contributed by atoms with Gasteiger partial charge in [0.1, 0.15) is 17.4 Å². The van der Waals surface area contributed by atoms with Crippen molar-refractivity contribution < 1.29 is 13.9 Å². The third-order valence-corrected chi connectivity index (χ3v) is 5.21. The molecule has 1 aromatic heterocycles. The van der Waals surface area contributed by atoms with E-state index in [1.54, 1.807) is 37.3 Å². The van der Waals surface area contributed by atoms with E-state index >= 15 is 0 Å². The summed E-state index contributed by atoms with van der Waals surface area (Å²) in [6.45, 7) is 1.28. The number of para-hydroxylation sites is 1. The minimum Gasteiger partial charge on any atom is -0.482 e. The van der Waals surface area contributed by atoms with E-state index < -0.39 is 18.3 Å². The number of carbonyl (C=O) groups is 1. The third kappa shape index (κ3) is 4.44. The maximum Gasteiger partial charge on any atom is 0.265 e. The van der Waals surface area contributed by atoms with Crippen LogP contribution in [0.2, 0.25) is 10.0 Å². The first-order valence-electron chi connectivity index (χ1n) is 9.49. The van der Waals surface area contributed by atoms with Gasteiger partial charge in [-0.25, -0.2) is 9.37 Å². The minimum absolute atomic E-state index is 0.0993. The van der Waals surface area contributed by atoms with Crippen molar-refractivity contribution in [3.63, 3.8) is 0 Å². The van der Waals surface area contributed by atoms with E-state index in [1.165, 1.54) is 34.9 Å². The fourth-order valence-electron chi connectivity index (χ4n) is 3.22. The molecule has 1 heterocycles. The zero-order chi connectivity index (χ0) is 22.8. The molecule has 4 aromatic rings. The van der Waals surface area contributed by atoms with Crippen molar-refractivity contribution in [3.05, 3.63) is 92.7 Å². The van der Waals surface area contributed by atoms with Gasteiger partial charge in [-0.15, -0.1) is 0 Å².